The first-order valence-corrected chi connectivity index (χ1v) is 18.8. The Kier molecular flexibility index (Phi) is 9.94. The van der Waals surface area contributed by atoms with Gasteiger partial charge in [0.1, 0.15) is 58.3 Å². The Morgan fingerprint density at radius 2 is 0.867 bits per heavy atom. The predicted octanol–water partition coefficient (Wildman–Crippen LogP) is 10.8. The highest BCUT2D eigenvalue weighted by atomic mass is 19.1. The minimum absolute atomic E-state index is 0.313. The van der Waals surface area contributed by atoms with Gasteiger partial charge in [0.25, 0.3) is 0 Å². The standard InChI is InChI=1S/2C24H18FN3O2/c2*1-29-16-8-10-23(30-2)17(12-16)15-7-9-20-18(11-15)24-21(13-26-20)27-14-28(24)22-6-4-3-5-19(22)25/h2*3-14H,1-2H3. The van der Waals surface area contributed by atoms with Gasteiger partial charge in [-0.15, -0.1) is 0 Å². The fourth-order valence-electron chi connectivity index (χ4n) is 7.46. The van der Waals surface area contributed by atoms with Crippen LogP contribution in [0.3, 0.4) is 0 Å². The van der Waals surface area contributed by atoms with Crippen LogP contribution in [0, 0.1) is 11.6 Å². The lowest BCUT2D eigenvalue weighted by atomic mass is 10.0. The molecule has 0 unspecified atom stereocenters. The van der Waals surface area contributed by atoms with E-state index in [9.17, 15) is 8.78 Å². The van der Waals surface area contributed by atoms with E-state index in [0.717, 1.165) is 78.1 Å². The van der Waals surface area contributed by atoms with Gasteiger partial charge in [-0.05, 0) is 96.1 Å². The lowest BCUT2D eigenvalue weighted by molar-refractivity contribution is 0.404. The van der Waals surface area contributed by atoms with Crippen molar-refractivity contribution < 1.29 is 27.7 Å². The zero-order valence-corrected chi connectivity index (χ0v) is 32.9. The fraction of sp³-hybridized carbons (Fsp3) is 0.0833. The van der Waals surface area contributed by atoms with Crippen LogP contribution in [-0.4, -0.2) is 57.5 Å². The van der Waals surface area contributed by atoms with Crippen LogP contribution in [0.1, 0.15) is 0 Å². The van der Waals surface area contributed by atoms with Gasteiger partial charge < -0.3 is 18.9 Å². The highest BCUT2D eigenvalue weighted by Crippen LogP contribution is 2.38. The van der Waals surface area contributed by atoms with Crippen LogP contribution in [0.5, 0.6) is 23.0 Å². The van der Waals surface area contributed by atoms with Crippen LogP contribution in [0.15, 0.2) is 146 Å². The quantitative estimate of drug-likeness (QED) is 0.150. The molecular weight excluding hydrogens is 763 g/mol. The number of methoxy groups -OCH3 is 4. The van der Waals surface area contributed by atoms with Gasteiger partial charge in [0.05, 0.1) is 74.3 Å². The summed E-state index contributed by atoms with van der Waals surface area (Å²) in [6, 6.07) is 36.6. The van der Waals surface area contributed by atoms with Crippen LogP contribution in [-0.2, 0) is 0 Å². The lowest BCUT2D eigenvalue weighted by Gasteiger charge is -2.12. The number of benzene rings is 6. The molecule has 0 saturated heterocycles. The van der Waals surface area contributed by atoms with Gasteiger partial charge in [-0.1, -0.05) is 36.4 Å². The van der Waals surface area contributed by atoms with E-state index < -0.39 is 0 Å². The summed E-state index contributed by atoms with van der Waals surface area (Å²) in [4.78, 5) is 17.9. The van der Waals surface area contributed by atoms with Crippen LogP contribution in [0.4, 0.5) is 8.78 Å². The van der Waals surface area contributed by atoms with Crippen molar-refractivity contribution >= 4 is 43.9 Å². The number of hydrogen-bond acceptors (Lipinski definition) is 8. The van der Waals surface area contributed by atoms with E-state index in [4.69, 9.17) is 18.9 Å². The van der Waals surface area contributed by atoms with Crippen molar-refractivity contribution in [3.8, 4) is 56.6 Å². The molecule has 0 amide bonds. The zero-order valence-electron chi connectivity index (χ0n) is 32.9. The van der Waals surface area contributed by atoms with Gasteiger partial charge in [-0.25, -0.2) is 18.7 Å². The van der Waals surface area contributed by atoms with Crippen molar-refractivity contribution in [2.45, 2.75) is 0 Å². The molecule has 10 aromatic rings. The van der Waals surface area contributed by atoms with Crippen LogP contribution >= 0.6 is 0 Å². The molecule has 10 nitrogen and oxygen atoms in total. The molecule has 4 aromatic heterocycles. The van der Waals surface area contributed by atoms with Gasteiger partial charge in [-0.2, -0.15) is 0 Å². The molecule has 0 N–H and O–H groups in total. The second-order valence-corrected chi connectivity index (χ2v) is 13.7. The van der Waals surface area contributed by atoms with Crippen molar-refractivity contribution in [3.05, 3.63) is 158 Å². The van der Waals surface area contributed by atoms with E-state index in [0.29, 0.717) is 22.4 Å². The normalized spacial score (nSPS) is 11.2. The number of ether oxygens (including phenoxy) is 4. The maximum absolute atomic E-state index is 14.5. The van der Waals surface area contributed by atoms with E-state index in [1.165, 1.54) is 12.1 Å². The number of aromatic nitrogens is 6. The number of hydrogen-bond donors (Lipinski definition) is 0. The molecule has 6 aromatic carbocycles. The summed E-state index contributed by atoms with van der Waals surface area (Å²) in [5.74, 6) is 2.31. The molecule has 0 aliphatic carbocycles. The van der Waals surface area contributed by atoms with Crippen molar-refractivity contribution in [2.24, 2.45) is 0 Å². The minimum atomic E-state index is -0.313. The molecule has 0 fully saturated rings. The first kappa shape index (κ1) is 37.7. The molecule has 0 radical (unpaired) electrons. The smallest absolute Gasteiger partial charge is 0.147 e. The Labute approximate surface area is 342 Å². The number of halogens is 2. The van der Waals surface area contributed by atoms with Crippen molar-refractivity contribution in [1.29, 1.82) is 0 Å². The molecule has 0 aliphatic heterocycles. The topological polar surface area (TPSA) is 98.3 Å². The largest absolute Gasteiger partial charge is 0.497 e. The summed E-state index contributed by atoms with van der Waals surface area (Å²) in [7, 11) is 6.54. The highest BCUT2D eigenvalue weighted by molar-refractivity contribution is 6.06. The average molecular weight is 799 g/mol. The third kappa shape index (κ3) is 6.73. The Morgan fingerprint density at radius 3 is 1.27 bits per heavy atom. The van der Waals surface area contributed by atoms with E-state index in [2.05, 4.69) is 19.9 Å². The van der Waals surface area contributed by atoms with Gasteiger partial charge in [0.15, 0.2) is 0 Å². The second kappa shape index (κ2) is 15.8. The van der Waals surface area contributed by atoms with Crippen LogP contribution < -0.4 is 18.9 Å². The fourth-order valence-corrected chi connectivity index (χ4v) is 7.46. The number of nitrogens with zero attached hydrogens (tertiary/aromatic N) is 6. The Morgan fingerprint density at radius 1 is 0.433 bits per heavy atom. The molecule has 12 heteroatoms. The summed E-state index contributed by atoms with van der Waals surface area (Å²) in [6.07, 6.45) is 6.67. The number of imidazole rings is 2. The van der Waals surface area contributed by atoms with E-state index >= 15 is 0 Å². The van der Waals surface area contributed by atoms with Crippen molar-refractivity contribution in [1.82, 2.24) is 29.1 Å². The SMILES string of the molecule is COc1ccc(OC)c(-c2ccc3ncc4ncn(-c5ccccc5F)c4c3c2)c1.COc1ccc(OC)c(-c2ccc3ncc4ncn(-c5ccccc5F)c4c3c2)c1. The second-order valence-electron chi connectivity index (χ2n) is 13.7. The van der Waals surface area contributed by atoms with E-state index in [1.807, 2.05) is 72.8 Å². The van der Waals surface area contributed by atoms with E-state index in [1.54, 1.807) is 99.0 Å². The van der Waals surface area contributed by atoms with Gasteiger partial charge >= 0.3 is 0 Å². The maximum atomic E-state index is 14.5. The molecular formula is C48H36F2N6O4. The highest BCUT2D eigenvalue weighted by Gasteiger charge is 2.17. The third-order valence-electron chi connectivity index (χ3n) is 10.4. The Hall–Kier alpha value is -7.86. The number of pyridine rings is 2. The molecule has 60 heavy (non-hydrogen) atoms. The van der Waals surface area contributed by atoms with Crippen LogP contribution in [0.2, 0.25) is 0 Å². The van der Waals surface area contributed by atoms with Gasteiger partial charge in [0.2, 0.25) is 0 Å². The molecule has 0 atom stereocenters. The first-order valence-electron chi connectivity index (χ1n) is 18.8. The molecule has 0 spiro atoms. The Balaban J connectivity index is 0.000000154. The summed E-state index contributed by atoms with van der Waals surface area (Å²) >= 11 is 0. The maximum Gasteiger partial charge on any atom is 0.147 e. The number of rotatable bonds is 8. The van der Waals surface area contributed by atoms with Crippen molar-refractivity contribution in [3.63, 3.8) is 0 Å². The first-order chi connectivity index (χ1) is 29.4. The minimum Gasteiger partial charge on any atom is -0.497 e. The van der Waals surface area contributed by atoms with Gasteiger partial charge in [0, 0.05) is 21.9 Å². The predicted molar refractivity (Wildman–Crippen MR) is 230 cm³/mol. The molecule has 0 bridgehead atoms. The molecule has 296 valence electrons. The zero-order chi connectivity index (χ0) is 41.3. The summed E-state index contributed by atoms with van der Waals surface area (Å²) < 4.78 is 54.4. The van der Waals surface area contributed by atoms with Gasteiger partial charge in [-0.3, -0.25) is 19.1 Å². The molecule has 0 aliphatic rings. The molecule has 10 rings (SSSR count). The third-order valence-corrected chi connectivity index (χ3v) is 10.4. The van der Waals surface area contributed by atoms with Crippen molar-refractivity contribution in [2.75, 3.05) is 28.4 Å². The lowest BCUT2D eigenvalue weighted by Crippen LogP contribution is -1.97. The summed E-state index contributed by atoms with van der Waals surface area (Å²) in [5, 5.41) is 1.74. The molecule has 0 saturated carbocycles. The summed E-state index contributed by atoms with van der Waals surface area (Å²) in [6.45, 7) is 0. The molecule has 4 heterocycles. The Bertz CT molecular complexity index is 3000. The monoisotopic (exact) mass is 798 g/mol. The van der Waals surface area contributed by atoms with E-state index in [-0.39, 0.29) is 11.6 Å². The number of para-hydroxylation sites is 2. The average Bonchev–Trinajstić information content (AvgIpc) is 3.94. The number of fused-ring (bicyclic) bond motifs is 6. The van der Waals surface area contributed by atoms with Crippen LogP contribution in [0.25, 0.3) is 77.5 Å². The summed E-state index contributed by atoms with van der Waals surface area (Å²) in [5.41, 5.74) is 9.14.